The SMILES string of the molecule is CCCC(C)(O)CNCc1c(C(=O)O)oc2ccccc12. The zero-order valence-electron chi connectivity index (χ0n) is 12.3. The van der Waals surface area contributed by atoms with Crippen molar-refractivity contribution in [3.63, 3.8) is 0 Å². The number of furan rings is 1. The summed E-state index contributed by atoms with van der Waals surface area (Å²) in [5.41, 5.74) is 0.384. The molecule has 0 aliphatic rings. The molecule has 0 spiro atoms. The molecule has 1 unspecified atom stereocenters. The Bertz CT molecular complexity index is 630. The van der Waals surface area contributed by atoms with E-state index >= 15 is 0 Å². The van der Waals surface area contributed by atoms with Crippen molar-refractivity contribution in [2.45, 2.75) is 38.8 Å². The van der Waals surface area contributed by atoms with Gasteiger partial charge in [-0.2, -0.15) is 0 Å². The fourth-order valence-corrected chi connectivity index (χ4v) is 2.53. The van der Waals surface area contributed by atoms with Crippen LogP contribution in [0.15, 0.2) is 28.7 Å². The van der Waals surface area contributed by atoms with Crippen molar-refractivity contribution in [2.75, 3.05) is 6.54 Å². The smallest absolute Gasteiger partial charge is 0.372 e. The zero-order valence-corrected chi connectivity index (χ0v) is 12.3. The highest BCUT2D eigenvalue weighted by Crippen LogP contribution is 2.26. The van der Waals surface area contributed by atoms with Crippen molar-refractivity contribution < 1.29 is 19.4 Å². The molecule has 0 aliphatic carbocycles. The van der Waals surface area contributed by atoms with E-state index in [0.717, 1.165) is 11.8 Å². The Morgan fingerprint density at radius 2 is 2.10 bits per heavy atom. The van der Waals surface area contributed by atoms with Crippen LogP contribution in [0.4, 0.5) is 0 Å². The van der Waals surface area contributed by atoms with Gasteiger partial charge >= 0.3 is 5.97 Å². The van der Waals surface area contributed by atoms with Crippen LogP contribution in [0.5, 0.6) is 0 Å². The first-order valence-corrected chi connectivity index (χ1v) is 7.11. The molecular weight excluding hydrogens is 270 g/mol. The van der Waals surface area contributed by atoms with Gasteiger partial charge in [-0.3, -0.25) is 0 Å². The van der Waals surface area contributed by atoms with Crippen LogP contribution in [0.3, 0.4) is 0 Å². The van der Waals surface area contributed by atoms with E-state index < -0.39 is 11.6 Å². The molecule has 1 heterocycles. The molecule has 5 nitrogen and oxygen atoms in total. The monoisotopic (exact) mass is 291 g/mol. The van der Waals surface area contributed by atoms with Gasteiger partial charge in [0.2, 0.25) is 5.76 Å². The van der Waals surface area contributed by atoms with Gasteiger partial charge in [0, 0.05) is 24.0 Å². The number of carboxylic acids is 1. The maximum absolute atomic E-state index is 11.3. The number of rotatable bonds is 7. The molecule has 0 aliphatic heterocycles. The number of benzene rings is 1. The van der Waals surface area contributed by atoms with Crippen LogP contribution in [-0.2, 0) is 6.54 Å². The third-order valence-corrected chi connectivity index (χ3v) is 3.49. The number of carbonyl (C=O) groups is 1. The third kappa shape index (κ3) is 3.62. The van der Waals surface area contributed by atoms with Crippen molar-refractivity contribution in [2.24, 2.45) is 0 Å². The minimum atomic E-state index is -1.08. The molecule has 114 valence electrons. The maximum atomic E-state index is 11.3. The summed E-state index contributed by atoms with van der Waals surface area (Å²) in [6, 6.07) is 7.24. The Morgan fingerprint density at radius 3 is 2.76 bits per heavy atom. The Labute approximate surface area is 123 Å². The van der Waals surface area contributed by atoms with E-state index in [1.165, 1.54) is 0 Å². The van der Waals surface area contributed by atoms with Crippen LogP contribution < -0.4 is 5.32 Å². The number of aromatic carboxylic acids is 1. The number of nitrogens with one attached hydrogen (secondary N) is 1. The minimum Gasteiger partial charge on any atom is -0.475 e. The zero-order chi connectivity index (χ0) is 15.5. The molecule has 5 heteroatoms. The van der Waals surface area contributed by atoms with Gasteiger partial charge in [0.05, 0.1) is 5.60 Å². The predicted molar refractivity (Wildman–Crippen MR) is 80.4 cm³/mol. The molecular formula is C16H21NO4. The summed E-state index contributed by atoms with van der Waals surface area (Å²) in [6.45, 7) is 4.54. The van der Waals surface area contributed by atoms with Crippen LogP contribution in [0, 0.1) is 0 Å². The molecule has 1 atom stereocenters. The topological polar surface area (TPSA) is 82.7 Å². The number of fused-ring (bicyclic) bond motifs is 1. The molecule has 2 rings (SSSR count). The lowest BCUT2D eigenvalue weighted by Gasteiger charge is -2.23. The first-order valence-electron chi connectivity index (χ1n) is 7.11. The van der Waals surface area contributed by atoms with Crippen molar-refractivity contribution >= 4 is 16.9 Å². The molecule has 0 saturated carbocycles. The van der Waals surface area contributed by atoms with Gasteiger partial charge in [-0.15, -0.1) is 0 Å². The second-order valence-corrected chi connectivity index (χ2v) is 5.56. The summed E-state index contributed by atoms with van der Waals surface area (Å²) < 4.78 is 5.39. The second kappa shape index (κ2) is 6.28. The number of carboxylic acid groups (broad SMARTS) is 1. The Balaban J connectivity index is 2.17. The van der Waals surface area contributed by atoms with Gasteiger partial charge in [0.1, 0.15) is 5.58 Å². The minimum absolute atomic E-state index is 0.0427. The summed E-state index contributed by atoms with van der Waals surface area (Å²) in [4.78, 5) is 11.3. The molecule has 0 saturated heterocycles. The van der Waals surface area contributed by atoms with Crippen molar-refractivity contribution in [3.05, 3.63) is 35.6 Å². The first-order chi connectivity index (χ1) is 9.94. The first kappa shape index (κ1) is 15.5. The van der Waals surface area contributed by atoms with E-state index in [0.29, 0.717) is 30.7 Å². The number of aliphatic hydroxyl groups is 1. The highest BCUT2D eigenvalue weighted by atomic mass is 16.4. The van der Waals surface area contributed by atoms with Gasteiger partial charge in [-0.25, -0.2) is 4.79 Å². The van der Waals surface area contributed by atoms with E-state index in [9.17, 15) is 15.0 Å². The molecule has 0 bridgehead atoms. The molecule has 1 aromatic carbocycles. The van der Waals surface area contributed by atoms with E-state index in [-0.39, 0.29) is 5.76 Å². The highest BCUT2D eigenvalue weighted by Gasteiger charge is 2.22. The number of hydrogen-bond donors (Lipinski definition) is 3. The molecule has 0 amide bonds. The summed E-state index contributed by atoms with van der Waals surface area (Å²) >= 11 is 0. The molecule has 2 aromatic rings. The van der Waals surface area contributed by atoms with Crippen molar-refractivity contribution in [3.8, 4) is 0 Å². The highest BCUT2D eigenvalue weighted by molar-refractivity contribution is 5.95. The van der Waals surface area contributed by atoms with E-state index in [1.54, 1.807) is 19.1 Å². The van der Waals surface area contributed by atoms with Crippen LogP contribution in [0.1, 0.15) is 42.8 Å². The summed E-state index contributed by atoms with van der Waals surface area (Å²) in [5, 5.41) is 23.3. The van der Waals surface area contributed by atoms with Crippen molar-refractivity contribution in [1.29, 1.82) is 0 Å². The Morgan fingerprint density at radius 1 is 1.38 bits per heavy atom. The van der Waals surface area contributed by atoms with Crippen LogP contribution in [0.25, 0.3) is 11.0 Å². The molecule has 21 heavy (non-hydrogen) atoms. The van der Waals surface area contributed by atoms with Gasteiger partial charge in [0.25, 0.3) is 0 Å². The Hall–Kier alpha value is -1.85. The van der Waals surface area contributed by atoms with E-state index in [1.807, 2.05) is 19.1 Å². The van der Waals surface area contributed by atoms with E-state index in [4.69, 9.17) is 4.42 Å². The van der Waals surface area contributed by atoms with Gasteiger partial charge < -0.3 is 19.9 Å². The normalized spacial score (nSPS) is 14.2. The van der Waals surface area contributed by atoms with Crippen LogP contribution in [0.2, 0.25) is 0 Å². The average molecular weight is 291 g/mol. The maximum Gasteiger partial charge on any atom is 0.372 e. The fourth-order valence-electron chi connectivity index (χ4n) is 2.53. The van der Waals surface area contributed by atoms with Crippen LogP contribution in [-0.4, -0.2) is 28.3 Å². The fraction of sp³-hybridized carbons (Fsp3) is 0.438. The number of hydrogen-bond acceptors (Lipinski definition) is 4. The van der Waals surface area contributed by atoms with Gasteiger partial charge in [-0.1, -0.05) is 31.5 Å². The summed E-state index contributed by atoms with van der Waals surface area (Å²) in [7, 11) is 0. The molecule has 0 radical (unpaired) electrons. The number of para-hydroxylation sites is 1. The van der Waals surface area contributed by atoms with Crippen LogP contribution >= 0.6 is 0 Å². The molecule has 0 fully saturated rings. The van der Waals surface area contributed by atoms with E-state index in [2.05, 4.69) is 5.32 Å². The third-order valence-electron chi connectivity index (χ3n) is 3.49. The molecule has 3 N–H and O–H groups in total. The quantitative estimate of drug-likeness (QED) is 0.730. The van der Waals surface area contributed by atoms with Gasteiger partial charge in [-0.05, 0) is 19.4 Å². The standard InChI is InChI=1S/C16H21NO4/c1-3-8-16(2,20)10-17-9-12-11-6-4-5-7-13(11)21-14(12)15(18)19/h4-7,17,20H,3,8-10H2,1-2H3,(H,18,19). The second-order valence-electron chi connectivity index (χ2n) is 5.56. The lowest BCUT2D eigenvalue weighted by molar-refractivity contribution is 0.0498. The predicted octanol–water partition coefficient (Wildman–Crippen LogP) is 2.77. The van der Waals surface area contributed by atoms with Gasteiger partial charge in [0.15, 0.2) is 0 Å². The largest absolute Gasteiger partial charge is 0.475 e. The summed E-state index contributed by atoms with van der Waals surface area (Å²) in [5.74, 6) is -1.12. The lowest BCUT2D eigenvalue weighted by Crippen LogP contribution is -2.37. The summed E-state index contributed by atoms with van der Waals surface area (Å²) in [6.07, 6.45) is 1.58. The Kier molecular flexibility index (Phi) is 4.65. The lowest BCUT2D eigenvalue weighted by atomic mass is 10.0. The van der Waals surface area contributed by atoms with Crippen molar-refractivity contribution in [1.82, 2.24) is 5.32 Å². The average Bonchev–Trinajstić information content (AvgIpc) is 2.78. The molecule has 1 aromatic heterocycles.